The van der Waals surface area contributed by atoms with Gasteiger partial charge in [-0.1, -0.05) is 12.5 Å². The summed E-state index contributed by atoms with van der Waals surface area (Å²) in [5, 5.41) is 0. The Labute approximate surface area is 163 Å². The topological polar surface area (TPSA) is 101 Å². The Morgan fingerprint density at radius 2 is 2.07 bits per heavy atom. The molecule has 2 aromatic heterocycles. The number of aromatic amines is 1. The molecule has 2 fully saturated rings. The molecule has 1 aliphatic heterocycles. The van der Waals surface area contributed by atoms with Crippen molar-refractivity contribution in [2.45, 2.75) is 31.4 Å². The molecule has 2 aliphatic rings. The van der Waals surface area contributed by atoms with Crippen LogP contribution in [0, 0.1) is 11.8 Å². The molecule has 7 nitrogen and oxygen atoms in total. The molecule has 1 saturated carbocycles. The summed E-state index contributed by atoms with van der Waals surface area (Å²) in [6.07, 6.45) is 4.93. The van der Waals surface area contributed by atoms with Gasteiger partial charge < -0.3 is 15.5 Å². The monoisotopic (exact) mass is 382 g/mol. The number of H-pyrrole nitrogens is 1. The quantitative estimate of drug-likeness (QED) is 0.819. The number of nitrogens with two attached hydrogens (primary N) is 1. The van der Waals surface area contributed by atoms with E-state index >= 15 is 0 Å². The van der Waals surface area contributed by atoms with Gasteiger partial charge in [-0.25, -0.2) is 0 Å². The van der Waals surface area contributed by atoms with Gasteiger partial charge in [0, 0.05) is 56.5 Å². The molecular weight excluding hydrogens is 356 g/mol. The predicted octanol–water partition coefficient (Wildman–Crippen LogP) is 1.64. The number of methoxy groups -OCH3 is 1. The van der Waals surface area contributed by atoms with E-state index in [1.54, 1.807) is 25.4 Å². The summed E-state index contributed by atoms with van der Waals surface area (Å²) >= 11 is 0. The lowest BCUT2D eigenvalue weighted by Crippen LogP contribution is -2.58. The first-order valence-electron chi connectivity index (χ1n) is 9.75. The third kappa shape index (κ3) is 3.25. The molecule has 0 spiro atoms. The number of pyridine rings is 2. The molecule has 1 amide bonds. The highest BCUT2D eigenvalue weighted by atomic mass is 16.5. The van der Waals surface area contributed by atoms with E-state index in [2.05, 4.69) is 14.9 Å². The molecule has 148 valence electrons. The van der Waals surface area contributed by atoms with Crippen molar-refractivity contribution in [3.63, 3.8) is 0 Å². The molecule has 3 heterocycles. The van der Waals surface area contributed by atoms with Crippen molar-refractivity contribution in [1.29, 1.82) is 0 Å². The molecule has 0 aromatic carbocycles. The lowest BCUT2D eigenvalue weighted by molar-refractivity contribution is -0.170. The minimum absolute atomic E-state index is 0.0725. The van der Waals surface area contributed by atoms with E-state index in [4.69, 9.17) is 10.5 Å². The van der Waals surface area contributed by atoms with Crippen molar-refractivity contribution in [2.24, 2.45) is 17.6 Å². The summed E-state index contributed by atoms with van der Waals surface area (Å²) in [6.45, 7) is 2.46. The van der Waals surface area contributed by atoms with E-state index in [0.29, 0.717) is 18.4 Å². The molecule has 1 aliphatic carbocycles. The van der Waals surface area contributed by atoms with Gasteiger partial charge in [-0.3, -0.25) is 19.5 Å². The highest BCUT2D eigenvalue weighted by Gasteiger charge is 2.53. The number of primary amides is 1. The smallest absolute Gasteiger partial charge is 0.267 e. The van der Waals surface area contributed by atoms with E-state index in [9.17, 15) is 9.59 Å². The maximum atomic E-state index is 11.6. The zero-order valence-electron chi connectivity index (χ0n) is 16.1. The second kappa shape index (κ2) is 7.48. The predicted molar refractivity (Wildman–Crippen MR) is 105 cm³/mol. The Balaban J connectivity index is 1.64. The average molecular weight is 382 g/mol. The van der Waals surface area contributed by atoms with Gasteiger partial charge in [0.15, 0.2) is 0 Å². The van der Waals surface area contributed by atoms with Gasteiger partial charge in [0.25, 0.3) is 5.91 Å². The number of nitrogens with one attached hydrogen (secondary N) is 1. The number of fused-ring (bicyclic) bond motifs is 2. The third-order valence-electron chi connectivity index (χ3n) is 6.30. The minimum Gasteiger partial charge on any atom is -0.373 e. The molecule has 2 atom stereocenters. The summed E-state index contributed by atoms with van der Waals surface area (Å²) < 4.78 is 6.22. The average Bonchev–Trinajstić information content (AvgIpc) is 2.67. The highest BCUT2D eigenvalue weighted by Crippen LogP contribution is 2.51. The van der Waals surface area contributed by atoms with Crippen LogP contribution in [0.5, 0.6) is 0 Å². The van der Waals surface area contributed by atoms with Crippen LogP contribution in [0.3, 0.4) is 0 Å². The lowest BCUT2D eigenvalue weighted by Gasteiger charge is -2.55. The number of carbonyl (C=O) groups excluding carboxylic acids is 1. The Kier molecular flexibility index (Phi) is 5.03. The second-order valence-corrected chi connectivity index (χ2v) is 7.85. The van der Waals surface area contributed by atoms with E-state index in [1.165, 1.54) is 12.5 Å². The molecule has 7 heteroatoms. The number of aromatic nitrogens is 2. The molecule has 2 bridgehead atoms. The molecule has 3 N–H and O–H groups in total. The van der Waals surface area contributed by atoms with Gasteiger partial charge >= 0.3 is 0 Å². The number of hydrogen-bond donors (Lipinski definition) is 2. The minimum atomic E-state index is -0.524. The fourth-order valence-electron chi connectivity index (χ4n) is 5.21. The van der Waals surface area contributed by atoms with Gasteiger partial charge in [0.05, 0.1) is 0 Å². The molecule has 28 heavy (non-hydrogen) atoms. The molecule has 4 rings (SSSR count). The van der Waals surface area contributed by atoms with Crippen LogP contribution in [0.15, 0.2) is 41.3 Å². The van der Waals surface area contributed by atoms with Gasteiger partial charge in [-0.05, 0) is 36.6 Å². The van der Waals surface area contributed by atoms with Crippen molar-refractivity contribution in [2.75, 3.05) is 20.2 Å². The summed E-state index contributed by atoms with van der Waals surface area (Å²) in [4.78, 5) is 32.7. The summed E-state index contributed by atoms with van der Waals surface area (Å²) in [5.41, 5.74) is 7.13. The van der Waals surface area contributed by atoms with Crippen molar-refractivity contribution >= 4 is 5.91 Å². The van der Waals surface area contributed by atoms with Crippen LogP contribution in [0.25, 0.3) is 0 Å². The zero-order valence-corrected chi connectivity index (χ0v) is 16.1. The van der Waals surface area contributed by atoms with Crippen LogP contribution in [0.2, 0.25) is 0 Å². The van der Waals surface area contributed by atoms with E-state index < -0.39 is 11.5 Å². The number of hydrogen-bond acceptors (Lipinski definition) is 5. The fraction of sp³-hybridized carbons (Fsp3) is 0.476. The van der Waals surface area contributed by atoms with Crippen molar-refractivity contribution in [3.05, 3.63) is 63.8 Å². The third-order valence-corrected chi connectivity index (χ3v) is 6.30. The zero-order chi connectivity index (χ0) is 19.7. The first-order chi connectivity index (χ1) is 13.5. The van der Waals surface area contributed by atoms with Crippen molar-refractivity contribution in [1.82, 2.24) is 14.9 Å². The summed E-state index contributed by atoms with van der Waals surface area (Å²) in [7, 11) is 1.76. The maximum Gasteiger partial charge on any atom is 0.267 e. The molecule has 2 aromatic rings. The number of nitrogens with zero attached hydrogens (tertiary/aromatic N) is 2. The maximum absolute atomic E-state index is 11.6. The van der Waals surface area contributed by atoms with E-state index in [1.807, 2.05) is 12.1 Å². The summed E-state index contributed by atoms with van der Waals surface area (Å²) in [6, 6.07) is 9.02. The first-order valence-corrected chi connectivity index (χ1v) is 9.75. The largest absolute Gasteiger partial charge is 0.373 e. The van der Waals surface area contributed by atoms with Crippen LogP contribution >= 0.6 is 0 Å². The Morgan fingerprint density at radius 3 is 2.71 bits per heavy atom. The van der Waals surface area contributed by atoms with Gasteiger partial charge in [0.2, 0.25) is 5.56 Å². The van der Waals surface area contributed by atoms with Crippen LogP contribution < -0.4 is 11.3 Å². The van der Waals surface area contributed by atoms with Gasteiger partial charge in [-0.15, -0.1) is 0 Å². The van der Waals surface area contributed by atoms with Crippen LogP contribution in [0.4, 0.5) is 0 Å². The summed E-state index contributed by atoms with van der Waals surface area (Å²) in [5.74, 6) is 0.0656. The highest BCUT2D eigenvalue weighted by molar-refractivity contribution is 5.90. The number of amides is 1. The van der Waals surface area contributed by atoms with Gasteiger partial charge in [-0.2, -0.15) is 0 Å². The lowest BCUT2D eigenvalue weighted by atomic mass is 9.62. The molecule has 2 unspecified atom stereocenters. The van der Waals surface area contributed by atoms with Crippen LogP contribution in [-0.2, 0) is 16.9 Å². The molecule has 0 radical (unpaired) electrons. The number of piperidine rings is 1. The fourth-order valence-corrected chi connectivity index (χ4v) is 5.21. The standard InChI is InChI=1S/C21H26N4O3/c1-28-21(14-8-9-23-18(10-14)20(22)27)15-4-2-5-16(21)12-25(11-15)13-17-6-3-7-19(26)24-17/h3,6-10,15-16H,2,4-5,11-13H2,1H3,(H2,22,27)(H,24,26). The number of ether oxygens (including phenoxy) is 1. The van der Waals surface area contributed by atoms with Crippen LogP contribution in [0.1, 0.15) is 41.0 Å². The number of rotatable bonds is 5. The number of likely N-dealkylation sites (tertiary alicyclic amines) is 1. The van der Waals surface area contributed by atoms with Crippen LogP contribution in [-0.4, -0.2) is 41.0 Å². The molecular formula is C21H26N4O3. The van der Waals surface area contributed by atoms with E-state index in [0.717, 1.165) is 37.2 Å². The Hall–Kier alpha value is -2.51. The van der Waals surface area contributed by atoms with E-state index in [-0.39, 0.29) is 11.3 Å². The van der Waals surface area contributed by atoms with Crippen molar-refractivity contribution in [3.8, 4) is 0 Å². The Bertz CT molecular complexity index is 912. The normalized spacial score (nSPS) is 27.5. The van der Waals surface area contributed by atoms with Gasteiger partial charge in [0.1, 0.15) is 11.3 Å². The molecule has 1 saturated heterocycles. The van der Waals surface area contributed by atoms with Crippen molar-refractivity contribution < 1.29 is 9.53 Å². The Morgan fingerprint density at radius 1 is 1.32 bits per heavy atom. The second-order valence-electron chi connectivity index (χ2n) is 7.85. The SMILES string of the molecule is COC1(c2ccnc(C(N)=O)c2)C2CCCC1CN(Cc1cccc(=O)[nH]1)C2. The number of carbonyl (C=O) groups is 1. The first kappa shape index (κ1) is 18.8.